The maximum absolute atomic E-state index is 13.7. The summed E-state index contributed by atoms with van der Waals surface area (Å²) in [4.78, 5) is 18.4. The highest BCUT2D eigenvalue weighted by molar-refractivity contribution is 6.04. The van der Waals surface area contributed by atoms with Crippen LogP contribution in [0, 0.1) is 5.82 Å². The molecule has 3 rings (SSSR count). The molecule has 120 valence electrons. The Morgan fingerprint density at radius 1 is 1.00 bits per heavy atom. The molecule has 2 aromatic carbocycles. The third-order valence-electron chi connectivity index (χ3n) is 3.64. The number of hydrogen-bond acceptors (Lipinski definition) is 3. The molecule has 0 saturated heterocycles. The van der Waals surface area contributed by atoms with E-state index in [1.807, 2.05) is 42.3 Å². The maximum atomic E-state index is 13.7. The molecule has 0 unspecified atom stereocenters. The highest BCUT2D eigenvalue weighted by Crippen LogP contribution is 2.23. The fraction of sp³-hybridized carbons (Fsp3) is 0.0526. The number of carbonyl (C=O) groups is 1. The van der Waals surface area contributed by atoms with Gasteiger partial charge in [-0.1, -0.05) is 30.3 Å². The molecule has 0 aliphatic carbocycles. The molecule has 0 aliphatic heterocycles. The molecular formula is C19H16FN3O. The Balaban J connectivity index is 1.83. The zero-order chi connectivity index (χ0) is 16.9. The van der Waals surface area contributed by atoms with Crippen molar-refractivity contribution in [3.8, 4) is 0 Å². The van der Waals surface area contributed by atoms with E-state index in [0.717, 1.165) is 11.4 Å². The lowest BCUT2D eigenvalue weighted by Crippen LogP contribution is -2.15. The second-order valence-electron chi connectivity index (χ2n) is 5.26. The first-order valence-corrected chi connectivity index (χ1v) is 7.45. The van der Waals surface area contributed by atoms with Gasteiger partial charge in [0, 0.05) is 18.9 Å². The van der Waals surface area contributed by atoms with Crippen molar-refractivity contribution >= 4 is 23.0 Å². The third kappa shape index (κ3) is 3.41. The number of amides is 1. The van der Waals surface area contributed by atoms with E-state index < -0.39 is 11.7 Å². The highest BCUT2D eigenvalue weighted by atomic mass is 19.1. The van der Waals surface area contributed by atoms with Crippen LogP contribution in [0.15, 0.2) is 73.1 Å². The van der Waals surface area contributed by atoms with E-state index in [4.69, 9.17) is 0 Å². The van der Waals surface area contributed by atoms with Gasteiger partial charge >= 0.3 is 0 Å². The van der Waals surface area contributed by atoms with Gasteiger partial charge in [-0.05, 0) is 30.3 Å². The number of nitrogens with one attached hydrogen (secondary N) is 1. The topological polar surface area (TPSA) is 45.2 Å². The lowest BCUT2D eigenvalue weighted by Gasteiger charge is -2.19. The van der Waals surface area contributed by atoms with Crippen LogP contribution in [0.2, 0.25) is 0 Å². The summed E-state index contributed by atoms with van der Waals surface area (Å²) in [6, 6.07) is 17.5. The number of anilines is 3. The smallest absolute Gasteiger partial charge is 0.257 e. The number of para-hydroxylation sites is 2. The Morgan fingerprint density at radius 2 is 1.71 bits per heavy atom. The molecule has 5 heteroatoms. The maximum Gasteiger partial charge on any atom is 0.257 e. The van der Waals surface area contributed by atoms with Crippen molar-refractivity contribution < 1.29 is 9.18 Å². The van der Waals surface area contributed by atoms with Gasteiger partial charge < -0.3 is 10.2 Å². The van der Waals surface area contributed by atoms with Crippen LogP contribution in [0.4, 0.5) is 21.5 Å². The first kappa shape index (κ1) is 15.7. The number of rotatable bonds is 4. The molecule has 0 spiro atoms. The fourth-order valence-electron chi connectivity index (χ4n) is 2.29. The summed E-state index contributed by atoms with van der Waals surface area (Å²) in [5, 5.41) is 2.56. The molecule has 4 nitrogen and oxygen atoms in total. The number of aromatic nitrogens is 1. The van der Waals surface area contributed by atoms with E-state index in [1.165, 1.54) is 18.3 Å². The van der Waals surface area contributed by atoms with Gasteiger partial charge in [0.05, 0.1) is 23.1 Å². The van der Waals surface area contributed by atoms with Gasteiger partial charge in [-0.25, -0.2) is 4.39 Å². The molecule has 0 radical (unpaired) electrons. The van der Waals surface area contributed by atoms with Gasteiger partial charge in [-0.15, -0.1) is 0 Å². The van der Waals surface area contributed by atoms with E-state index in [0.29, 0.717) is 5.56 Å². The number of pyridine rings is 1. The van der Waals surface area contributed by atoms with Crippen LogP contribution in [0.5, 0.6) is 0 Å². The summed E-state index contributed by atoms with van der Waals surface area (Å²) >= 11 is 0. The molecule has 0 atom stereocenters. The zero-order valence-electron chi connectivity index (χ0n) is 13.1. The summed E-state index contributed by atoms with van der Waals surface area (Å²) in [6.45, 7) is 0. The number of halogens is 1. The molecule has 24 heavy (non-hydrogen) atoms. The number of benzene rings is 2. The van der Waals surface area contributed by atoms with Crippen LogP contribution in [-0.2, 0) is 0 Å². The summed E-state index contributed by atoms with van der Waals surface area (Å²) in [6.07, 6.45) is 3.13. The van der Waals surface area contributed by atoms with E-state index in [-0.39, 0.29) is 5.69 Å². The Hall–Kier alpha value is -3.21. The number of carbonyl (C=O) groups excluding carboxylic acids is 1. The van der Waals surface area contributed by atoms with Crippen molar-refractivity contribution in [2.24, 2.45) is 0 Å². The van der Waals surface area contributed by atoms with Crippen LogP contribution in [-0.4, -0.2) is 17.9 Å². The van der Waals surface area contributed by atoms with E-state index in [9.17, 15) is 9.18 Å². The highest BCUT2D eigenvalue weighted by Gasteiger charge is 2.12. The molecule has 1 N–H and O–H groups in total. The standard InChI is InChI=1S/C19H16FN3O/c1-23(15-7-3-2-4-8-15)16-11-14(12-21-13-16)19(24)22-18-10-6-5-9-17(18)20/h2-13H,1H3,(H,22,24). The normalized spacial score (nSPS) is 10.2. The Labute approximate surface area is 139 Å². The van der Waals surface area contributed by atoms with Gasteiger partial charge in [0.15, 0.2) is 0 Å². The minimum Gasteiger partial charge on any atom is -0.343 e. The molecule has 0 fully saturated rings. The molecule has 0 aliphatic rings. The minimum atomic E-state index is -0.476. The predicted molar refractivity (Wildman–Crippen MR) is 93.1 cm³/mol. The van der Waals surface area contributed by atoms with E-state index >= 15 is 0 Å². The lowest BCUT2D eigenvalue weighted by atomic mass is 10.2. The number of hydrogen-bond donors (Lipinski definition) is 1. The first-order chi connectivity index (χ1) is 11.6. The zero-order valence-corrected chi connectivity index (χ0v) is 13.1. The van der Waals surface area contributed by atoms with Crippen molar-refractivity contribution in [1.82, 2.24) is 4.98 Å². The number of nitrogens with zero attached hydrogens (tertiary/aromatic N) is 2. The quantitative estimate of drug-likeness (QED) is 0.782. The summed E-state index contributed by atoms with van der Waals surface area (Å²) in [5.74, 6) is -0.882. The SMILES string of the molecule is CN(c1ccccc1)c1cncc(C(=O)Nc2ccccc2F)c1. The fourth-order valence-corrected chi connectivity index (χ4v) is 2.29. The van der Waals surface area contributed by atoms with Crippen LogP contribution in [0.3, 0.4) is 0 Å². The molecular weight excluding hydrogens is 305 g/mol. The monoisotopic (exact) mass is 321 g/mol. The van der Waals surface area contributed by atoms with Crippen molar-refractivity contribution in [1.29, 1.82) is 0 Å². The molecule has 1 heterocycles. The van der Waals surface area contributed by atoms with Gasteiger partial charge in [0.2, 0.25) is 0 Å². The minimum absolute atomic E-state index is 0.143. The Bertz CT molecular complexity index is 852. The van der Waals surface area contributed by atoms with Crippen LogP contribution in [0.1, 0.15) is 10.4 Å². The Morgan fingerprint density at radius 3 is 2.46 bits per heavy atom. The molecule has 1 amide bonds. The second-order valence-corrected chi connectivity index (χ2v) is 5.26. The van der Waals surface area contributed by atoms with Gasteiger partial charge in [0.25, 0.3) is 5.91 Å². The van der Waals surface area contributed by atoms with Crippen LogP contribution >= 0.6 is 0 Å². The van der Waals surface area contributed by atoms with E-state index in [1.54, 1.807) is 24.4 Å². The third-order valence-corrected chi connectivity index (χ3v) is 3.64. The average Bonchev–Trinajstić information content (AvgIpc) is 2.64. The van der Waals surface area contributed by atoms with Gasteiger partial charge in [-0.2, -0.15) is 0 Å². The lowest BCUT2D eigenvalue weighted by molar-refractivity contribution is 0.102. The summed E-state index contributed by atoms with van der Waals surface area (Å²) in [5.41, 5.74) is 2.25. The van der Waals surface area contributed by atoms with Crippen molar-refractivity contribution in [3.63, 3.8) is 0 Å². The van der Waals surface area contributed by atoms with Crippen LogP contribution in [0.25, 0.3) is 0 Å². The van der Waals surface area contributed by atoms with Crippen LogP contribution < -0.4 is 10.2 Å². The first-order valence-electron chi connectivity index (χ1n) is 7.45. The molecule has 3 aromatic rings. The largest absolute Gasteiger partial charge is 0.343 e. The molecule has 0 saturated carbocycles. The second kappa shape index (κ2) is 6.91. The van der Waals surface area contributed by atoms with E-state index in [2.05, 4.69) is 10.3 Å². The summed E-state index contributed by atoms with van der Waals surface area (Å²) in [7, 11) is 1.89. The van der Waals surface area contributed by atoms with Gasteiger partial charge in [-0.3, -0.25) is 9.78 Å². The summed E-state index contributed by atoms with van der Waals surface area (Å²) < 4.78 is 13.7. The molecule has 1 aromatic heterocycles. The van der Waals surface area contributed by atoms with Crippen molar-refractivity contribution in [2.45, 2.75) is 0 Å². The predicted octanol–water partition coefficient (Wildman–Crippen LogP) is 4.24. The van der Waals surface area contributed by atoms with Gasteiger partial charge in [0.1, 0.15) is 5.82 Å². The van der Waals surface area contributed by atoms with Crippen molar-refractivity contribution in [2.75, 3.05) is 17.3 Å². The van der Waals surface area contributed by atoms with Crippen molar-refractivity contribution in [3.05, 3.63) is 84.4 Å². The Kier molecular flexibility index (Phi) is 4.52. The molecule has 0 bridgehead atoms. The average molecular weight is 321 g/mol.